The lowest BCUT2D eigenvalue weighted by molar-refractivity contribution is 0.173. The number of hydrogen-bond acceptors (Lipinski definition) is 5. The molecular formula is C17H26IN3O3S. The molecular weight excluding hydrogens is 453 g/mol. The Labute approximate surface area is 170 Å². The van der Waals surface area contributed by atoms with Gasteiger partial charge in [-0.25, -0.2) is 0 Å². The molecule has 0 bridgehead atoms. The maximum absolute atomic E-state index is 5.78. The van der Waals surface area contributed by atoms with Crippen LogP contribution >= 0.6 is 35.7 Å². The van der Waals surface area contributed by atoms with E-state index in [1.54, 1.807) is 0 Å². The first-order valence-electron chi connectivity index (χ1n) is 8.39. The van der Waals surface area contributed by atoms with Gasteiger partial charge in [0, 0.05) is 37.2 Å². The molecule has 0 spiro atoms. The van der Waals surface area contributed by atoms with Crippen molar-refractivity contribution in [1.29, 1.82) is 0 Å². The summed E-state index contributed by atoms with van der Waals surface area (Å²) in [6, 6.07) is 5.64. The zero-order chi connectivity index (χ0) is 16.8. The Morgan fingerprint density at radius 1 is 1.40 bits per heavy atom. The molecule has 8 heteroatoms. The van der Waals surface area contributed by atoms with E-state index < -0.39 is 0 Å². The Hall–Kier alpha value is -1.03. The zero-order valence-electron chi connectivity index (χ0n) is 14.7. The second-order valence-electron chi connectivity index (χ2n) is 5.68. The van der Waals surface area contributed by atoms with E-state index in [4.69, 9.17) is 14.2 Å². The molecule has 0 radical (unpaired) electrons. The Kier molecular flexibility index (Phi) is 8.28. The molecule has 0 saturated carbocycles. The van der Waals surface area contributed by atoms with Crippen LogP contribution < -0.4 is 19.5 Å². The van der Waals surface area contributed by atoms with Crippen molar-refractivity contribution in [3.05, 3.63) is 18.2 Å². The number of fused-ring (bicyclic) bond motifs is 1. The fourth-order valence-electron chi connectivity index (χ4n) is 2.79. The third kappa shape index (κ3) is 5.47. The molecule has 2 aliphatic rings. The van der Waals surface area contributed by atoms with Gasteiger partial charge in [-0.15, -0.1) is 24.0 Å². The highest BCUT2D eigenvalue weighted by Crippen LogP contribution is 2.34. The number of nitrogens with zero attached hydrogens (tertiary/aromatic N) is 2. The molecule has 1 saturated heterocycles. The van der Waals surface area contributed by atoms with Crippen molar-refractivity contribution in [1.82, 2.24) is 10.2 Å². The fourth-order valence-corrected chi connectivity index (χ4v) is 3.97. The third-order valence-corrected chi connectivity index (χ3v) is 5.48. The summed E-state index contributed by atoms with van der Waals surface area (Å²) < 4.78 is 16.4. The SMILES string of the molecule is CCC1CN(C(=NC)NCCOc2ccc3c(c2)OCO3)CCS1.I. The van der Waals surface area contributed by atoms with E-state index in [-0.39, 0.29) is 30.8 Å². The van der Waals surface area contributed by atoms with Gasteiger partial charge in [0.05, 0.1) is 6.54 Å². The number of thioether (sulfide) groups is 1. The van der Waals surface area contributed by atoms with E-state index in [1.165, 1.54) is 6.42 Å². The van der Waals surface area contributed by atoms with Crippen molar-refractivity contribution in [2.75, 3.05) is 45.8 Å². The summed E-state index contributed by atoms with van der Waals surface area (Å²) in [6.45, 7) is 5.91. The van der Waals surface area contributed by atoms with Crippen molar-refractivity contribution < 1.29 is 14.2 Å². The van der Waals surface area contributed by atoms with Crippen LogP contribution in [0, 0.1) is 0 Å². The molecule has 0 aromatic heterocycles. The predicted octanol–water partition coefficient (Wildman–Crippen LogP) is 2.81. The van der Waals surface area contributed by atoms with Crippen molar-refractivity contribution in [2.45, 2.75) is 18.6 Å². The molecule has 3 rings (SSSR count). The van der Waals surface area contributed by atoms with E-state index in [0.29, 0.717) is 18.4 Å². The minimum atomic E-state index is 0. The topological polar surface area (TPSA) is 55.3 Å². The average Bonchev–Trinajstić information content (AvgIpc) is 3.09. The smallest absolute Gasteiger partial charge is 0.231 e. The van der Waals surface area contributed by atoms with Crippen LogP contribution in [0.15, 0.2) is 23.2 Å². The first-order valence-corrected chi connectivity index (χ1v) is 9.44. The summed E-state index contributed by atoms with van der Waals surface area (Å²) in [5.41, 5.74) is 0. The van der Waals surface area contributed by atoms with Gasteiger partial charge in [-0.2, -0.15) is 11.8 Å². The zero-order valence-corrected chi connectivity index (χ0v) is 17.8. The molecule has 25 heavy (non-hydrogen) atoms. The lowest BCUT2D eigenvalue weighted by Gasteiger charge is -2.34. The molecule has 1 fully saturated rings. The molecule has 0 amide bonds. The van der Waals surface area contributed by atoms with Crippen molar-refractivity contribution in [3.63, 3.8) is 0 Å². The van der Waals surface area contributed by atoms with E-state index in [2.05, 4.69) is 33.9 Å². The molecule has 1 unspecified atom stereocenters. The number of halogens is 1. The lowest BCUT2D eigenvalue weighted by Crippen LogP contribution is -2.48. The molecule has 140 valence electrons. The third-order valence-electron chi connectivity index (χ3n) is 4.10. The van der Waals surface area contributed by atoms with Crippen LogP contribution in [-0.2, 0) is 0 Å². The number of rotatable bonds is 5. The average molecular weight is 479 g/mol. The van der Waals surface area contributed by atoms with Gasteiger partial charge in [0.2, 0.25) is 6.79 Å². The number of benzene rings is 1. The normalized spacial score (nSPS) is 19.4. The highest BCUT2D eigenvalue weighted by atomic mass is 127. The van der Waals surface area contributed by atoms with Crippen molar-refractivity contribution >= 4 is 41.7 Å². The van der Waals surface area contributed by atoms with Gasteiger partial charge < -0.3 is 24.4 Å². The van der Waals surface area contributed by atoms with Crippen LogP contribution in [0.1, 0.15) is 13.3 Å². The van der Waals surface area contributed by atoms with E-state index >= 15 is 0 Å². The van der Waals surface area contributed by atoms with Crippen LogP contribution in [0.5, 0.6) is 17.2 Å². The molecule has 6 nitrogen and oxygen atoms in total. The molecule has 1 atom stereocenters. The van der Waals surface area contributed by atoms with Crippen LogP contribution in [-0.4, -0.2) is 61.9 Å². The number of hydrogen-bond donors (Lipinski definition) is 1. The van der Waals surface area contributed by atoms with Crippen molar-refractivity contribution in [3.8, 4) is 17.2 Å². The molecule has 1 aromatic carbocycles. The van der Waals surface area contributed by atoms with Gasteiger partial charge in [0.1, 0.15) is 12.4 Å². The minimum Gasteiger partial charge on any atom is -0.492 e. The Morgan fingerprint density at radius 3 is 3.04 bits per heavy atom. The number of aliphatic imine (C=N–C) groups is 1. The Bertz CT molecular complexity index is 588. The van der Waals surface area contributed by atoms with E-state index in [9.17, 15) is 0 Å². The van der Waals surface area contributed by atoms with E-state index in [1.807, 2.05) is 25.2 Å². The maximum atomic E-state index is 5.78. The molecule has 2 heterocycles. The molecule has 2 aliphatic heterocycles. The van der Waals surface area contributed by atoms with Gasteiger partial charge in [0.25, 0.3) is 0 Å². The highest BCUT2D eigenvalue weighted by molar-refractivity contribution is 14.0. The standard InChI is InChI=1S/C17H25N3O3S.HI/c1-3-14-11-20(7-9-24-14)17(18-2)19-6-8-21-13-4-5-15-16(10-13)23-12-22-15;/h4-5,10,14H,3,6-9,11-12H2,1-2H3,(H,18,19);1H. The summed E-state index contributed by atoms with van der Waals surface area (Å²) in [7, 11) is 1.84. The largest absolute Gasteiger partial charge is 0.492 e. The fraction of sp³-hybridized carbons (Fsp3) is 0.588. The Morgan fingerprint density at radius 2 is 2.24 bits per heavy atom. The van der Waals surface area contributed by atoms with Crippen LogP contribution in [0.4, 0.5) is 0 Å². The Balaban J connectivity index is 0.00000225. The van der Waals surface area contributed by atoms with Gasteiger partial charge in [0.15, 0.2) is 17.5 Å². The quantitative estimate of drug-likeness (QED) is 0.304. The molecule has 1 N–H and O–H groups in total. The first-order chi connectivity index (χ1) is 11.8. The van der Waals surface area contributed by atoms with Gasteiger partial charge in [-0.05, 0) is 18.6 Å². The predicted molar refractivity (Wildman–Crippen MR) is 113 cm³/mol. The summed E-state index contributed by atoms with van der Waals surface area (Å²) in [4.78, 5) is 6.74. The van der Waals surface area contributed by atoms with Gasteiger partial charge in [-0.1, -0.05) is 6.92 Å². The number of ether oxygens (including phenoxy) is 3. The molecule has 1 aromatic rings. The van der Waals surface area contributed by atoms with Crippen LogP contribution in [0.2, 0.25) is 0 Å². The summed E-state index contributed by atoms with van der Waals surface area (Å²) in [6.07, 6.45) is 1.20. The van der Waals surface area contributed by atoms with E-state index in [0.717, 1.165) is 42.1 Å². The van der Waals surface area contributed by atoms with Crippen LogP contribution in [0.25, 0.3) is 0 Å². The second-order valence-corrected chi connectivity index (χ2v) is 7.09. The maximum Gasteiger partial charge on any atom is 0.231 e. The minimum absolute atomic E-state index is 0. The monoisotopic (exact) mass is 479 g/mol. The summed E-state index contributed by atoms with van der Waals surface area (Å²) in [5, 5.41) is 4.09. The summed E-state index contributed by atoms with van der Waals surface area (Å²) in [5.74, 6) is 4.42. The van der Waals surface area contributed by atoms with Crippen molar-refractivity contribution in [2.24, 2.45) is 4.99 Å². The highest BCUT2D eigenvalue weighted by Gasteiger charge is 2.21. The summed E-state index contributed by atoms with van der Waals surface area (Å²) >= 11 is 2.06. The van der Waals surface area contributed by atoms with Gasteiger partial charge >= 0.3 is 0 Å². The second kappa shape index (κ2) is 10.2. The van der Waals surface area contributed by atoms with Gasteiger partial charge in [-0.3, -0.25) is 4.99 Å². The van der Waals surface area contributed by atoms with Crippen LogP contribution in [0.3, 0.4) is 0 Å². The lowest BCUT2D eigenvalue weighted by atomic mass is 10.3. The first kappa shape index (κ1) is 20.3. The number of nitrogens with one attached hydrogen (secondary N) is 1. The molecule has 0 aliphatic carbocycles. The number of guanidine groups is 1.